The van der Waals surface area contributed by atoms with E-state index in [0.717, 1.165) is 11.3 Å². The normalized spacial score (nSPS) is 19.8. The predicted molar refractivity (Wildman–Crippen MR) is 98.1 cm³/mol. The van der Waals surface area contributed by atoms with Crippen molar-refractivity contribution < 1.29 is 22.8 Å². The highest BCUT2D eigenvalue weighted by Gasteiger charge is 2.40. The highest BCUT2D eigenvalue weighted by atomic mass is 32.2. The first-order valence-corrected chi connectivity index (χ1v) is 10.6. The van der Waals surface area contributed by atoms with Gasteiger partial charge in [-0.2, -0.15) is 4.31 Å². The van der Waals surface area contributed by atoms with Crippen molar-refractivity contribution >= 4 is 44.8 Å². The van der Waals surface area contributed by atoms with E-state index >= 15 is 0 Å². The van der Waals surface area contributed by atoms with Crippen LogP contribution in [0.15, 0.2) is 39.9 Å². The Morgan fingerprint density at radius 1 is 1.19 bits per heavy atom. The summed E-state index contributed by atoms with van der Waals surface area (Å²) in [5, 5.41) is 6.52. The molecule has 0 spiro atoms. The molecule has 0 aliphatic carbocycles. The van der Waals surface area contributed by atoms with E-state index in [1.807, 2.05) is 0 Å². The number of imide groups is 1. The number of rotatable bonds is 4. The zero-order valence-electron chi connectivity index (χ0n) is 14.0. The van der Waals surface area contributed by atoms with Gasteiger partial charge in [0.15, 0.2) is 0 Å². The fourth-order valence-corrected chi connectivity index (χ4v) is 6.06. The maximum Gasteiger partial charge on any atom is 0.259 e. The standard InChI is InChI=1S/C17H15N3O5S2/c21-15-11-6-5-10(9-12(11)16(22)19-15)18-17(23)13-3-1-7-20(13)27(24,25)14-4-2-8-26-14/h2,4-6,8-9,13H,1,3,7H2,(H,18,23)(H,19,21,22)/t13-/m1/s1. The lowest BCUT2D eigenvalue weighted by Crippen LogP contribution is -2.42. The highest BCUT2D eigenvalue weighted by Crippen LogP contribution is 2.29. The lowest BCUT2D eigenvalue weighted by Gasteiger charge is -2.22. The SMILES string of the molecule is O=C1NC(=O)c2cc(NC(=O)[C@H]3CCCN3S(=O)(=O)c3cccs3)ccc21. The molecule has 1 saturated heterocycles. The van der Waals surface area contributed by atoms with E-state index in [2.05, 4.69) is 10.6 Å². The van der Waals surface area contributed by atoms with Crippen LogP contribution >= 0.6 is 11.3 Å². The van der Waals surface area contributed by atoms with Crippen LogP contribution in [0.25, 0.3) is 0 Å². The van der Waals surface area contributed by atoms with Gasteiger partial charge in [-0.05, 0) is 42.5 Å². The van der Waals surface area contributed by atoms with E-state index in [-0.39, 0.29) is 21.9 Å². The number of thiophene rings is 1. The van der Waals surface area contributed by atoms with Crippen LogP contribution in [0.4, 0.5) is 5.69 Å². The molecule has 2 aliphatic heterocycles. The van der Waals surface area contributed by atoms with Gasteiger partial charge in [0.2, 0.25) is 5.91 Å². The molecule has 1 atom stereocenters. The second-order valence-corrected chi connectivity index (χ2v) is 9.30. The molecule has 3 heterocycles. The molecule has 0 unspecified atom stereocenters. The second-order valence-electron chi connectivity index (χ2n) is 6.24. The van der Waals surface area contributed by atoms with Crippen molar-refractivity contribution in [2.45, 2.75) is 23.1 Å². The Labute approximate surface area is 159 Å². The first-order valence-electron chi connectivity index (χ1n) is 8.24. The molecule has 2 N–H and O–H groups in total. The molecule has 3 amide bonds. The Morgan fingerprint density at radius 2 is 1.96 bits per heavy atom. The average Bonchev–Trinajstić information content (AvgIpc) is 3.36. The molecule has 2 aromatic rings. The van der Waals surface area contributed by atoms with Crippen molar-refractivity contribution in [2.75, 3.05) is 11.9 Å². The number of anilines is 1. The summed E-state index contributed by atoms with van der Waals surface area (Å²) in [6.07, 6.45) is 1.00. The van der Waals surface area contributed by atoms with Gasteiger partial charge in [0.05, 0.1) is 11.1 Å². The summed E-state index contributed by atoms with van der Waals surface area (Å²) in [7, 11) is -3.73. The molecule has 4 rings (SSSR count). The van der Waals surface area contributed by atoms with E-state index in [4.69, 9.17) is 0 Å². The first kappa shape index (κ1) is 17.8. The van der Waals surface area contributed by atoms with Crippen LogP contribution in [0.3, 0.4) is 0 Å². The van der Waals surface area contributed by atoms with Crippen molar-refractivity contribution in [2.24, 2.45) is 0 Å². The van der Waals surface area contributed by atoms with Crippen molar-refractivity contribution in [3.63, 3.8) is 0 Å². The number of amides is 3. The van der Waals surface area contributed by atoms with Gasteiger partial charge in [-0.1, -0.05) is 6.07 Å². The minimum atomic E-state index is -3.73. The third-order valence-electron chi connectivity index (χ3n) is 4.57. The van der Waals surface area contributed by atoms with Crippen LogP contribution in [-0.4, -0.2) is 43.0 Å². The number of carbonyl (C=O) groups is 3. The van der Waals surface area contributed by atoms with Gasteiger partial charge in [0.25, 0.3) is 21.8 Å². The molecule has 1 aromatic carbocycles. The molecule has 1 aromatic heterocycles. The molecule has 0 radical (unpaired) electrons. The third-order valence-corrected chi connectivity index (χ3v) is 7.85. The summed E-state index contributed by atoms with van der Waals surface area (Å²) >= 11 is 1.11. The monoisotopic (exact) mass is 405 g/mol. The molecule has 0 bridgehead atoms. The minimum absolute atomic E-state index is 0.187. The van der Waals surface area contributed by atoms with E-state index in [1.54, 1.807) is 11.4 Å². The summed E-state index contributed by atoms with van der Waals surface area (Å²) in [4.78, 5) is 36.1. The van der Waals surface area contributed by atoms with E-state index in [1.165, 1.54) is 28.6 Å². The maximum atomic E-state index is 12.8. The summed E-state index contributed by atoms with van der Waals surface area (Å²) in [6.45, 7) is 0.277. The molecule has 27 heavy (non-hydrogen) atoms. The van der Waals surface area contributed by atoms with Gasteiger partial charge in [0, 0.05) is 12.2 Å². The number of carbonyl (C=O) groups excluding carboxylic acids is 3. The van der Waals surface area contributed by atoms with Gasteiger partial charge < -0.3 is 5.32 Å². The predicted octanol–water partition coefficient (Wildman–Crippen LogP) is 1.42. The fourth-order valence-electron chi connectivity index (χ4n) is 3.29. The lowest BCUT2D eigenvalue weighted by atomic mass is 10.1. The number of sulfonamides is 1. The summed E-state index contributed by atoms with van der Waals surface area (Å²) < 4.78 is 26.9. The van der Waals surface area contributed by atoms with Crippen LogP contribution < -0.4 is 10.6 Å². The maximum absolute atomic E-state index is 12.8. The molecular formula is C17H15N3O5S2. The Hall–Kier alpha value is -2.56. The average molecular weight is 405 g/mol. The Kier molecular flexibility index (Phi) is 4.33. The number of fused-ring (bicyclic) bond motifs is 1. The van der Waals surface area contributed by atoms with Crippen LogP contribution in [0, 0.1) is 0 Å². The fraction of sp³-hybridized carbons (Fsp3) is 0.235. The number of nitrogens with zero attached hydrogens (tertiary/aromatic N) is 1. The molecule has 0 saturated carbocycles. The molecular weight excluding hydrogens is 390 g/mol. The van der Waals surface area contributed by atoms with E-state index in [0.29, 0.717) is 18.5 Å². The second kappa shape index (κ2) is 6.55. The van der Waals surface area contributed by atoms with E-state index in [9.17, 15) is 22.8 Å². The van der Waals surface area contributed by atoms with Gasteiger partial charge in [-0.15, -0.1) is 11.3 Å². The van der Waals surface area contributed by atoms with Gasteiger partial charge in [0.1, 0.15) is 10.3 Å². The van der Waals surface area contributed by atoms with Gasteiger partial charge in [-0.3, -0.25) is 19.7 Å². The van der Waals surface area contributed by atoms with Gasteiger partial charge in [-0.25, -0.2) is 8.42 Å². The number of benzene rings is 1. The smallest absolute Gasteiger partial charge is 0.259 e. The van der Waals surface area contributed by atoms with Crippen molar-refractivity contribution in [1.29, 1.82) is 0 Å². The lowest BCUT2D eigenvalue weighted by molar-refractivity contribution is -0.119. The largest absolute Gasteiger partial charge is 0.325 e. The molecule has 1 fully saturated rings. The minimum Gasteiger partial charge on any atom is -0.325 e. The van der Waals surface area contributed by atoms with Crippen molar-refractivity contribution in [3.8, 4) is 0 Å². The molecule has 140 valence electrons. The van der Waals surface area contributed by atoms with Crippen LogP contribution in [0.2, 0.25) is 0 Å². The highest BCUT2D eigenvalue weighted by molar-refractivity contribution is 7.91. The summed E-state index contributed by atoms with van der Waals surface area (Å²) in [5.41, 5.74) is 0.775. The van der Waals surface area contributed by atoms with Crippen molar-refractivity contribution in [1.82, 2.24) is 9.62 Å². The zero-order valence-corrected chi connectivity index (χ0v) is 15.6. The molecule has 8 nitrogen and oxygen atoms in total. The molecule has 2 aliphatic rings. The van der Waals surface area contributed by atoms with Crippen LogP contribution in [0.1, 0.15) is 33.6 Å². The van der Waals surface area contributed by atoms with E-state index < -0.39 is 33.8 Å². The van der Waals surface area contributed by atoms with Gasteiger partial charge >= 0.3 is 0 Å². The number of hydrogen-bond donors (Lipinski definition) is 2. The Morgan fingerprint density at radius 3 is 2.70 bits per heavy atom. The third kappa shape index (κ3) is 3.05. The molecule has 10 heteroatoms. The Bertz CT molecular complexity index is 1050. The summed E-state index contributed by atoms with van der Waals surface area (Å²) in [5.74, 6) is -1.46. The number of hydrogen-bond acceptors (Lipinski definition) is 6. The first-order chi connectivity index (χ1) is 12.9. The van der Waals surface area contributed by atoms with Crippen molar-refractivity contribution in [3.05, 3.63) is 46.8 Å². The van der Waals surface area contributed by atoms with Crippen LogP contribution in [0.5, 0.6) is 0 Å². The quantitative estimate of drug-likeness (QED) is 0.747. The zero-order chi connectivity index (χ0) is 19.2. The topological polar surface area (TPSA) is 113 Å². The Balaban J connectivity index is 1.56. The van der Waals surface area contributed by atoms with Crippen LogP contribution in [-0.2, 0) is 14.8 Å². The summed E-state index contributed by atoms with van der Waals surface area (Å²) in [6, 6.07) is 6.74. The number of nitrogens with one attached hydrogen (secondary N) is 2.